The quantitative estimate of drug-likeness (QED) is 0.795. The highest BCUT2D eigenvalue weighted by molar-refractivity contribution is 7.71. The predicted octanol–water partition coefficient (Wildman–Crippen LogP) is 1.24. The summed E-state index contributed by atoms with van der Waals surface area (Å²) in [4.78, 5) is 25.3. The Labute approximate surface area is 105 Å². The highest BCUT2D eigenvalue weighted by atomic mass is 32.1. The Hall–Kier alpha value is -1.43. The fraction of sp³-hybridized carbons (Fsp3) is 0.545. The van der Waals surface area contributed by atoms with Crippen LogP contribution in [0.15, 0.2) is 17.1 Å². The molecule has 0 aliphatic rings. The average molecular weight is 255 g/mol. The minimum Gasteiger partial charge on any atom is -0.354 e. The van der Waals surface area contributed by atoms with Crippen LogP contribution in [0.2, 0.25) is 0 Å². The minimum atomic E-state index is -0.432. The van der Waals surface area contributed by atoms with Gasteiger partial charge in [-0.15, -0.1) is 0 Å². The standard InChI is InChI=1S/C11H17N3O2S/c1-7(2)6-12-10(16)8(3)14-5-4-9(15)13-11(14)17/h4-5,7-8H,6H2,1-3H3,(H,12,16)(H,13,15,17). The van der Waals surface area contributed by atoms with Crippen molar-refractivity contribution >= 4 is 18.1 Å². The Bertz CT molecular complexity index is 504. The summed E-state index contributed by atoms with van der Waals surface area (Å²) < 4.78 is 1.82. The molecule has 6 heteroatoms. The van der Waals surface area contributed by atoms with Crippen molar-refractivity contribution in [1.29, 1.82) is 0 Å². The molecule has 1 amide bonds. The van der Waals surface area contributed by atoms with Gasteiger partial charge in [-0.1, -0.05) is 13.8 Å². The van der Waals surface area contributed by atoms with Crippen LogP contribution in [0.1, 0.15) is 26.8 Å². The molecule has 0 spiro atoms. The number of carbonyl (C=O) groups is 1. The van der Waals surface area contributed by atoms with E-state index in [1.165, 1.54) is 12.3 Å². The monoisotopic (exact) mass is 255 g/mol. The second-order valence-electron chi connectivity index (χ2n) is 4.33. The second kappa shape index (κ2) is 5.77. The van der Waals surface area contributed by atoms with Gasteiger partial charge in [-0.3, -0.25) is 14.6 Å². The van der Waals surface area contributed by atoms with E-state index in [0.717, 1.165) is 0 Å². The normalized spacial score (nSPS) is 12.5. The van der Waals surface area contributed by atoms with Crippen LogP contribution in [0, 0.1) is 10.7 Å². The number of carbonyl (C=O) groups excluding carboxylic acids is 1. The van der Waals surface area contributed by atoms with Gasteiger partial charge in [-0.05, 0) is 25.1 Å². The van der Waals surface area contributed by atoms with Gasteiger partial charge in [0.2, 0.25) is 5.91 Å². The molecular weight excluding hydrogens is 238 g/mol. The lowest BCUT2D eigenvalue weighted by atomic mass is 10.2. The lowest BCUT2D eigenvalue weighted by molar-refractivity contribution is -0.124. The van der Waals surface area contributed by atoms with Crippen molar-refractivity contribution in [3.63, 3.8) is 0 Å². The molecule has 0 saturated carbocycles. The van der Waals surface area contributed by atoms with Crippen LogP contribution in [0.25, 0.3) is 0 Å². The van der Waals surface area contributed by atoms with Crippen molar-refractivity contribution in [2.45, 2.75) is 26.8 Å². The first kappa shape index (κ1) is 13.6. The number of nitrogens with one attached hydrogen (secondary N) is 2. The van der Waals surface area contributed by atoms with Gasteiger partial charge >= 0.3 is 0 Å². The molecule has 1 unspecified atom stereocenters. The summed E-state index contributed by atoms with van der Waals surface area (Å²) >= 11 is 5.00. The number of hydrogen-bond donors (Lipinski definition) is 2. The first-order chi connectivity index (χ1) is 7.91. The third-order valence-electron chi connectivity index (χ3n) is 2.33. The molecule has 1 atom stereocenters. The van der Waals surface area contributed by atoms with Gasteiger partial charge in [-0.2, -0.15) is 0 Å². The molecular formula is C11H17N3O2S. The zero-order chi connectivity index (χ0) is 13.0. The molecule has 1 rings (SSSR count). The fourth-order valence-electron chi connectivity index (χ4n) is 1.31. The first-order valence-corrected chi connectivity index (χ1v) is 5.92. The lowest BCUT2D eigenvalue weighted by Gasteiger charge is -2.16. The van der Waals surface area contributed by atoms with Gasteiger partial charge in [0.25, 0.3) is 5.56 Å². The van der Waals surface area contributed by atoms with Crippen molar-refractivity contribution in [3.05, 3.63) is 27.4 Å². The maximum absolute atomic E-state index is 11.8. The highest BCUT2D eigenvalue weighted by Crippen LogP contribution is 2.04. The summed E-state index contributed by atoms with van der Waals surface area (Å²) in [6, 6.07) is 0.917. The van der Waals surface area contributed by atoms with Crippen LogP contribution in [0.4, 0.5) is 0 Å². The third-order valence-corrected chi connectivity index (χ3v) is 2.65. The molecule has 1 aromatic heterocycles. The number of nitrogens with zero attached hydrogens (tertiary/aromatic N) is 1. The van der Waals surface area contributed by atoms with Crippen LogP contribution in [-0.2, 0) is 4.79 Å². The van der Waals surface area contributed by atoms with Crippen molar-refractivity contribution in [1.82, 2.24) is 14.9 Å². The van der Waals surface area contributed by atoms with Gasteiger partial charge < -0.3 is 9.88 Å². The van der Waals surface area contributed by atoms with Gasteiger partial charge in [0.1, 0.15) is 6.04 Å². The summed E-state index contributed by atoms with van der Waals surface area (Å²) in [5.41, 5.74) is -0.263. The van der Waals surface area contributed by atoms with Gasteiger partial charge in [0.15, 0.2) is 4.77 Å². The smallest absolute Gasteiger partial charge is 0.251 e. The van der Waals surface area contributed by atoms with E-state index >= 15 is 0 Å². The number of H-pyrrole nitrogens is 1. The van der Waals surface area contributed by atoms with E-state index < -0.39 is 6.04 Å². The van der Waals surface area contributed by atoms with Crippen molar-refractivity contribution in [3.8, 4) is 0 Å². The van der Waals surface area contributed by atoms with Gasteiger partial charge in [0, 0.05) is 18.8 Å². The molecule has 1 aromatic rings. The molecule has 1 heterocycles. The van der Waals surface area contributed by atoms with Crippen molar-refractivity contribution in [2.24, 2.45) is 5.92 Å². The molecule has 0 fully saturated rings. The fourth-order valence-corrected chi connectivity index (χ4v) is 1.63. The Morgan fingerprint density at radius 3 is 2.71 bits per heavy atom. The first-order valence-electron chi connectivity index (χ1n) is 5.51. The third kappa shape index (κ3) is 3.81. The van der Waals surface area contributed by atoms with Crippen molar-refractivity contribution < 1.29 is 4.79 Å². The largest absolute Gasteiger partial charge is 0.354 e. The van der Waals surface area contributed by atoms with Crippen LogP contribution >= 0.6 is 12.2 Å². The number of hydrogen-bond acceptors (Lipinski definition) is 3. The molecule has 94 valence electrons. The van der Waals surface area contributed by atoms with Gasteiger partial charge in [0.05, 0.1) is 0 Å². The second-order valence-corrected chi connectivity index (χ2v) is 4.72. The zero-order valence-electron chi connectivity index (χ0n) is 10.2. The summed E-state index contributed by atoms with van der Waals surface area (Å²) in [6.45, 7) is 6.41. The maximum atomic E-state index is 11.8. The molecule has 0 saturated heterocycles. The van der Waals surface area contributed by atoms with E-state index in [9.17, 15) is 9.59 Å². The maximum Gasteiger partial charge on any atom is 0.251 e. The van der Waals surface area contributed by atoms with E-state index in [-0.39, 0.29) is 16.2 Å². The summed E-state index contributed by atoms with van der Waals surface area (Å²) in [5, 5.41) is 2.82. The Morgan fingerprint density at radius 2 is 2.18 bits per heavy atom. The lowest BCUT2D eigenvalue weighted by Crippen LogP contribution is -2.34. The van der Waals surface area contributed by atoms with E-state index in [1.54, 1.807) is 11.5 Å². The summed E-state index contributed by atoms with van der Waals surface area (Å²) in [5.74, 6) is 0.288. The summed E-state index contributed by atoms with van der Waals surface area (Å²) in [6.07, 6.45) is 1.53. The van der Waals surface area contributed by atoms with Gasteiger partial charge in [-0.25, -0.2) is 0 Å². The van der Waals surface area contributed by atoms with Crippen LogP contribution in [0.5, 0.6) is 0 Å². The highest BCUT2D eigenvalue weighted by Gasteiger charge is 2.14. The molecule has 2 N–H and O–H groups in total. The Kier molecular flexibility index (Phi) is 4.62. The molecule has 0 bridgehead atoms. The zero-order valence-corrected chi connectivity index (χ0v) is 11.0. The van der Waals surface area contributed by atoms with Crippen molar-refractivity contribution in [2.75, 3.05) is 6.54 Å². The van der Waals surface area contributed by atoms with E-state index in [1.807, 2.05) is 13.8 Å². The van der Waals surface area contributed by atoms with Crippen LogP contribution < -0.4 is 10.9 Å². The molecule has 0 aliphatic carbocycles. The SMILES string of the molecule is CC(C)CNC(=O)C(C)n1ccc(=O)[nH]c1=S. The topological polar surface area (TPSA) is 66.9 Å². The Balaban J connectivity index is 2.82. The van der Waals surface area contributed by atoms with E-state index in [0.29, 0.717) is 12.5 Å². The minimum absolute atomic E-state index is 0.109. The molecule has 0 aromatic carbocycles. The number of amides is 1. The number of aromatic amines is 1. The molecule has 17 heavy (non-hydrogen) atoms. The molecule has 5 nitrogen and oxygen atoms in total. The average Bonchev–Trinajstić information content (AvgIpc) is 2.25. The predicted molar refractivity (Wildman–Crippen MR) is 68.4 cm³/mol. The number of rotatable bonds is 4. The van der Waals surface area contributed by atoms with Crippen LogP contribution in [-0.4, -0.2) is 22.0 Å². The Morgan fingerprint density at radius 1 is 1.53 bits per heavy atom. The number of aromatic nitrogens is 2. The van der Waals surface area contributed by atoms with Crippen LogP contribution in [0.3, 0.4) is 0 Å². The van der Waals surface area contributed by atoms with E-state index in [2.05, 4.69) is 10.3 Å². The molecule has 0 aliphatic heterocycles. The van der Waals surface area contributed by atoms with E-state index in [4.69, 9.17) is 12.2 Å². The summed E-state index contributed by atoms with van der Waals surface area (Å²) in [7, 11) is 0. The molecule has 0 radical (unpaired) electrons.